The van der Waals surface area contributed by atoms with Gasteiger partial charge in [-0.1, -0.05) is 37.3 Å². The summed E-state index contributed by atoms with van der Waals surface area (Å²) >= 11 is 0. The summed E-state index contributed by atoms with van der Waals surface area (Å²) in [4.78, 5) is 4.04. The topological polar surface area (TPSA) is 76.5 Å². The smallest absolute Gasteiger partial charge is 0.262 e. The molecule has 148 valence electrons. The van der Waals surface area contributed by atoms with Gasteiger partial charge in [-0.15, -0.1) is 0 Å². The first kappa shape index (κ1) is 20.0. The van der Waals surface area contributed by atoms with Gasteiger partial charge in [0.25, 0.3) is 10.0 Å². The zero-order valence-corrected chi connectivity index (χ0v) is 16.7. The van der Waals surface area contributed by atoms with E-state index < -0.39 is 10.0 Å². The summed E-state index contributed by atoms with van der Waals surface area (Å²) < 4.78 is 34.7. The van der Waals surface area contributed by atoms with Gasteiger partial charge in [-0.3, -0.25) is 0 Å². The third kappa shape index (κ3) is 4.76. The van der Waals surface area contributed by atoms with Crippen molar-refractivity contribution in [2.24, 2.45) is 7.05 Å². The molecule has 0 spiro atoms. The molecule has 1 aromatic heterocycles. The van der Waals surface area contributed by atoms with Gasteiger partial charge in [0, 0.05) is 51.4 Å². The highest BCUT2D eigenvalue weighted by atomic mass is 32.2. The van der Waals surface area contributed by atoms with Crippen molar-refractivity contribution in [2.75, 3.05) is 32.8 Å². The van der Waals surface area contributed by atoms with E-state index in [2.05, 4.69) is 29.4 Å². The van der Waals surface area contributed by atoms with Crippen molar-refractivity contribution >= 4 is 10.0 Å². The van der Waals surface area contributed by atoms with E-state index >= 15 is 0 Å². The lowest BCUT2D eigenvalue weighted by molar-refractivity contribution is 0.134. The highest BCUT2D eigenvalue weighted by molar-refractivity contribution is 7.89. The second-order valence-electron chi connectivity index (χ2n) is 6.89. The normalized spacial score (nSPS) is 21.0. The van der Waals surface area contributed by atoms with Gasteiger partial charge in [-0.05, 0) is 12.0 Å². The minimum atomic E-state index is -3.60. The monoisotopic (exact) mass is 392 g/mol. The van der Waals surface area contributed by atoms with Crippen molar-refractivity contribution in [2.45, 2.75) is 30.3 Å². The van der Waals surface area contributed by atoms with E-state index in [1.165, 1.54) is 10.6 Å². The number of nitrogens with zero attached hydrogens (tertiary/aromatic N) is 3. The molecule has 3 rings (SSSR count). The Kier molecular flexibility index (Phi) is 6.64. The SMILES string of the molecule is CCCOCCN[C@H]1CN(S(=O)(=O)c2cn(C)cn2)C[C@@H]1c1ccccc1. The van der Waals surface area contributed by atoms with Crippen LogP contribution in [0.3, 0.4) is 0 Å². The number of aryl methyl sites for hydroxylation is 1. The lowest BCUT2D eigenvalue weighted by atomic mass is 9.94. The molecule has 0 saturated carbocycles. The van der Waals surface area contributed by atoms with Gasteiger partial charge >= 0.3 is 0 Å². The molecule has 0 radical (unpaired) electrons. The number of hydrogen-bond acceptors (Lipinski definition) is 5. The highest BCUT2D eigenvalue weighted by Crippen LogP contribution is 2.31. The van der Waals surface area contributed by atoms with E-state index in [0.29, 0.717) is 26.2 Å². The van der Waals surface area contributed by atoms with Gasteiger partial charge < -0.3 is 14.6 Å². The van der Waals surface area contributed by atoms with Gasteiger partial charge in [0.15, 0.2) is 5.03 Å². The Balaban J connectivity index is 1.74. The second kappa shape index (κ2) is 8.97. The summed E-state index contributed by atoms with van der Waals surface area (Å²) in [5.74, 6) is 0.0934. The Bertz CT molecular complexity index is 822. The van der Waals surface area contributed by atoms with Crippen LogP contribution in [-0.4, -0.2) is 61.2 Å². The first-order valence-corrected chi connectivity index (χ1v) is 10.8. The van der Waals surface area contributed by atoms with Crippen LogP contribution in [0.1, 0.15) is 24.8 Å². The van der Waals surface area contributed by atoms with Crippen molar-refractivity contribution < 1.29 is 13.2 Å². The van der Waals surface area contributed by atoms with E-state index in [0.717, 1.165) is 18.6 Å². The van der Waals surface area contributed by atoms with Crippen molar-refractivity contribution in [1.29, 1.82) is 0 Å². The summed E-state index contributed by atoms with van der Waals surface area (Å²) in [5.41, 5.74) is 1.14. The van der Waals surface area contributed by atoms with Crippen LogP contribution in [0.2, 0.25) is 0 Å². The Morgan fingerprint density at radius 3 is 2.67 bits per heavy atom. The fraction of sp³-hybridized carbons (Fsp3) is 0.526. The summed E-state index contributed by atoms with van der Waals surface area (Å²) in [6.07, 6.45) is 4.05. The molecule has 1 N–H and O–H groups in total. The number of rotatable bonds is 9. The van der Waals surface area contributed by atoms with E-state index in [1.807, 2.05) is 18.2 Å². The molecule has 1 fully saturated rings. The van der Waals surface area contributed by atoms with E-state index in [-0.39, 0.29) is 17.0 Å². The first-order valence-electron chi connectivity index (χ1n) is 9.36. The number of sulfonamides is 1. The molecule has 1 aliphatic rings. The van der Waals surface area contributed by atoms with Crippen molar-refractivity contribution in [1.82, 2.24) is 19.2 Å². The molecular weight excluding hydrogens is 364 g/mol. The maximum Gasteiger partial charge on any atom is 0.262 e. The third-order valence-electron chi connectivity index (χ3n) is 4.80. The van der Waals surface area contributed by atoms with Crippen LogP contribution in [0.15, 0.2) is 47.9 Å². The van der Waals surface area contributed by atoms with E-state index in [4.69, 9.17) is 4.74 Å². The van der Waals surface area contributed by atoms with Crippen LogP contribution >= 0.6 is 0 Å². The van der Waals surface area contributed by atoms with Crippen LogP contribution in [-0.2, 0) is 21.8 Å². The zero-order chi connectivity index (χ0) is 19.3. The highest BCUT2D eigenvalue weighted by Gasteiger charge is 2.40. The average molecular weight is 393 g/mol. The average Bonchev–Trinajstić information content (AvgIpc) is 3.29. The third-order valence-corrected chi connectivity index (χ3v) is 6.52. The molecule has 0 bridgehead atoms. The Morgan fingerprint density at radius 1 is 1.22 bits per heavy atom. The van der Waals surface area contributed by atoms with Crippen LogP contribution in [0.5, 0.6) is 0 Å². The quantitative estimate of drug-likeness (QED) is 0.656. The Labute approximate surface area is 161 Å². The fourth-order valence-corrected chi connectivity index (χ4v) is 4.88. The van der Waals surface area contributed by atoms with Crippen molar-refractivity contribution in [3.8, 4) is 0 Å². The standard InChI is InChI=1S/C19H28N4O3S/c1-3-10-26-11-9-20-18-13-23(12-17(18)16-7-5-4-6-8-16)27(24,25)19-14-22(2)15-21-19/h4-8,14-15,17-18,20H,3,9-13H2,1-2H3/t17-,18+/m1/s1. The van der Waals surface area contributed by atoms with Crippen LogP contribution in [0.4, 0.5) is 0 Å². The number of ether oxygens (including phenoxy) is 1. The molecule has 2 heterocycles. The molecule has 8 heteroatoms. The van der Waals surface area contributed by atoms with Gasteiger partial charge in [-0.25, -0.2) is 13.4 Å². The van der Waals surface area contributed by atoms with Gasteiger partial charge in [0.05, 0.1) is 12.9 Å². The van der Waals surface area contributed by atoms with Gasteiger partial charge in [0.1, 0.15) is 0 Å². The number of aromatic nitrogens is 2. The summed E-state index contributed by atoms with van der Waals surface area (Å²) in [7, 11) is -1.83. The van der Waals surface area contributed by atoms with Gasteiger partial charge in [-0.2, -0.15) is 4.31 Å². The minimum absolute atomic E-state index is 0.0381. The molecule has 27 heavy (non-hydrogen) atoms. The lowest BCUT2D eigenvalue weighted by Crippen LogP contribution is -2.38. The molecule has 1 saturated heterocycles. The molecule has 1 aromatic carbocycles. The van der Waals surface area contributed by atoms with Crippen LogP contribution in [0.25, 0.3) is 0 Å². The summed E-state index contributed by atoms with van der Waals surface area (Å²) in [5, 5.41) is 3.59. The molecule has 0 amide bonds. The molecule has 2 aromatic rings. The summed E-state index contributed by atoms with van der Waals surface area (Å²) in [6.45, 7) is 5.01. The largest absolute Gasteiger partial charge is 0.380 e. The molecule has 1 aliphatic heterocycles. The fourth-order valence-electron chi connectivity index (χ4n) is 3.43. The predicted octanol–water partition coefficient (Wildman–Crippen LogP) is 1.59. The Hall–Kier alpha value is -1.74. The number of nitrogens with one attached hydrogen (secondary N) is 1. The predicted molar refractivity (Wildman–Crippen MR) is 104 cm³/mol. The van der Waals surface area contributed by atoms with E-state index in [9.17, 15) is 8.42 Å². The van der Waals surface area contributed by atoms with Crippen molar-refractivity contribution in [3.05, 3.63) is 48.4 Å². The van der Waals surface area contributed by atoms with Crippen LogP contribution < -0.4 is 5.32 Å². The molecular formula is C19H28N4O3S. The zero-order valence-electron chi connectivity index (χ0n) is 15.9. The number of imidazole rings is 1. The Morgan fingerprint density at radius 2 is 2.00 bits per heavy atom. The molecule has 0 aliphatic carbocycles. The summed E-state index contributed by atoms with van der Waals surface area (Å²) in [6, 6.07) is 10.1. The maximum absolute atomic E-state index is 13.0. The molecule has 7 nitrogen and oxygen atoms in total. The van der Waals surface area contributed by atoms with Crippen LogP contribution in [0, 0.1) is 0 Å². The number of benzene rings is 1. The minimum Gasteiger partial charge on any atom is -0.380 e. The molecule has 0 unspecified atom stereocenters. The lowest BCUT2D eigenvalue weighted by Gasteiger charge is -2.20. The van der Waals surface area contributed by atoms with E-state index in [1.54, 1.807) is 17.8 Å². The first-order chi connectivity index (χ1) is 13.0. The molecule has 2 atom stereocenters. The second-order valence-corrected chi connectivity index (χ2v) is 8.77. The van der Waals surface area contributed by atoms with Gasteiger partial charge in [0.2, 0.25) is 0 Å². The van der Waals surface area contributed by atoms with Crippen molar-refractivity contribution in [3.63, 3.8) is 0 Å². The maximum atomic E-state index is 13.0. The number of hydrogen-bond donors (Lipinski definition) is 1.